The number of hydrogen-bond donors (Lipinski definition) is 1. The summed E-state index contributed by atoms with van der Waals surface area (Å²) in [5.74, 6) is -1.79. The minimum absolute atomic E-state index is 0.178. The van der Waals surface area contributed by atoms with E-state index in [9.17, 15) is 18.0 Å². The van der Waals surface area contributed by atoms with Crippen LogP contribution in [0.15, 0.2) is 41.5 Å². The standard InChI is InChI=1S/C20H19F3N4O/c1-12-8-13(2)15(14(3)9-12)10-24-26-18(28)11-27-17-7-5-4-6-16(17)25-19(27)20(21,22)23/h4-10H,11H2,1-3H3,(H,26,28). The fourth-order valence-electron chi connectivity index (χ4n) is 3.19. The van der Waals surface area contributed by atoms with Gasteiger partial charge in [0.25, 0.3) is 5.91 Å². The van der Waals surface area contributed by atoms with Gasteiger partial charge in [-0.15, -0.1) is 0 Å². The number of carbonyl (C=O) groups is 1. The first kappa shape index (κ1) is 19.6. The smallest absolute Gasteiger partial charge is 0.311 e. The van der Waals surface area contributed by atoms with Crippen molar-refractivity contribution in [2.24, 2.45) is 5.10 Å². The summed E-state index contributed by atoms with van der Waals surface area (Å²) >= 11 is 0. The molecule has 28 heavy (non-hydrogen) atoms. The van der Waals surface area contributed by atoms with Gasteiger partial charge in [-0.25, -0.2) is 10.4 Å². The van der Waals surface area contributed by atoms with Crippen molar-refractivity contribution in [3.63, 3.8) is 0 Å². The van der Waals surface area contributed by atoms with Gasteiger partial charge in [0.15, 0.2) is 0 Å². The van der Waals surface area contributed by atoms with Gasteiger partial charge in [0.1, 0.15) is 6.54 Å². The van der Waals surface area contributed by atoms with Crippen molar-refractivity contribution >= 4 is 23.2 Å². The second-order valence-corrected chi connectivity index (χ2v) is 6.61. The fraction of sp³-hybridized carbons (Fsp3) is 0.250. The highest BCUT2D eigenvalue weighted by atomic mass is 19.4. The Morgan fingerprint density at radius 2 is 1.82 bits per heavy atom. The SMILES string of the molecule is Cc1cc(C)c(C=NNC(=O)Cn2c(C(F)(F)F)nc3ccccc32)c(C)c1. The molecule has 3 rings (SSSR count). The number of rotatable bonds is 4. The van der Waals surface area contributed by atoms with Crippen molar-refractivity contribution in [1.82, 2.24) is 15.0 Å². The van der Waals surface area contributed by atoms with Crippen LogP contribution in [0.3, 0.4) is 0 Å². The molecule has 8 heteroatoms. The lowest BCUT2D eigenvalue weighted by atomic mass is 10.0. The van der Waals surface area contributed by atoms with Crippen molar-refractivity contribution < 1.29 is 18.0 Å². The minimum atomic E-state index is -4.67. The molecular weight excluding hydrogens is 369 g/mol. The van der Waals surface area contributed by atoms with E-state index < -0.39 is 24.5 Å². The van der Waals surface area contributed by atoms with Gasteiger partial charge in [-0.1, -0.05) is 29.8 Å². The van der Waals surface area contributed by atoms with Gasteiger partial charge in [-0.3, -0.25) is 4.79 Å². The highest BCUT2D eigenvalue weighted by Crippen LogP contribution is 2.31. The zero-order valence-corrected chi connectivity index (χ0v) is 15.6. The Kier molecular flexibility index (Phi) is 5.22. The minimum Gasteiger partial charge on any atom is -0.311 e. The number of hydrazone groups is 1. The number of amides is 1. The summed E-state index contributed by atoms with van der Waals surface area (Å²) in [5, 5.41) is 3.91. The van der Waals surface area contributed by atoms with E-state index in [-0.39, 0.29) is 11.0 Å². The van der Waals surface area contributed by atoms with E-state index in [1.807, 2.05) is 32.9 Å². The lowest BCUT2D eigenvalue weighted by Crippen LogP contribution is -2.26. The van der Waals surface area contributed by atoms with Gasteiger partial charge in [-0.05, 0) is 44.0 Å². The van der Waals surface area contributed by atoms with E-state index in [1.165, 1.54) is 18.3 Å². The van der Waals surface area contributed by atoms with Crippen LogP contribution in [-0.4, -0.2) is 21.7 Å². The number of nitrogens with one attached hydrogen (secondary N) is 1. The van der Waals surface area contributed by atoms with Gasteiger partial charge in [0, 0.05) is 5.56 Å². The maximum absolute atomic E-state index is 13.3. The third-order valence-electron chi connectivity index (χ3n) is 4.33. The first-order chi connectivity index (χ1) is 13.2. The van der Waals surface area contributed by atoms with Gasteiger partial charge in [-0.2, -0.15) is 18.3 Å². The number of fused-ring (bicyclic) bond motifs is 1. The second kappa shape index (κ2) is 7.46. The Balaban J connectivity index is 1.81. The van der Waals surface area contributed by atoms with E-state index in [4.69, 9.17) is 0 Å². The molecule has 1 aromatic heterocycles. The van der Waals surface area contributed by atoms with Crippen LogP contribution in [0.1, 0.15) is 28.1 Å². The molecule has 1 N–H and O–H groups in total. The Hall–Kier alpha value is -3.16. The van der Waals surface area contributed by atoms with Gasteiger partial charge < -0.3 is 4.57 Å². The van der Waals surface area contributed by atoms with Crippen LogP contribution in [-0.2, 0) is 17.5 Å². The predicted octanol–water partition coefficient (Wildman–Crippen LogP) is 4.13. The number of para-hydroxylation sites is 2. The molecule has 0 spiro atoms. The molecule has 1 amide bonds. The third-order valence-corrected chi connectivity index (χ3v) is 4.33. The molecule has 2 aromatic carbocycles. The van der Waals surface area contributed by atoms with Gasteiger partial charge >= 0.3 is 6.18 Å². The largest absolute Gasteiger partial charge is 0.449 e. The number of halogens is 3. The number of carbonyl (C=O) groups excluding carboxylic acids is 1. The van der Waals surface area contributed by atoms with Crippen molar-refractivity contribution in [2.45, 2.75) is 33.5 Å². The summed E-state index contributed by atoms with van der Waals surface area (Å²) in [6, 6.07) is 10.1. The summed E-state index contributed by atoms with van der Waals surface area (Å²) < 4.78 is 40.7. The predicted molar refractivity (Wildman–Crippen MR) is 101 cm³/mol. The summed E-state index contributed by atoms with van der Waals surface area (Å²) in [6.45, 7) is 5.29. The molecule has 5 nitrogen and oxygen atoms in total. The Labute approximate surface area is 159 Å². The lowest BCUT2D eigenvalue weighted by molar-refractivity contribution is -0.147. The quantitative estimate of drug-likeness (QED) is 0.540. The molecule has 0 aliphatic heterocycles. The van der Waals surface area contributed by atoms with Crippen molar-refractivity contribution in [1.29, 1.82) is 0 Å². The summed E-state index contributed by atoms with van der Waals surface area (Å²) in [6.07, 6.45) is -3.17. The Morgan fingerprint density at radius 3 is 2.46 bits per heavy atom. The zero-order valence-electron chi connectivity index (χ0n) is 15.6. The average Bonchev–Trinajstić information content (AvgIpc) is 2.96. The molecular formula is C20H19F3N4O. The molecule has 0 aliphatic rings. The van der Waals surface area contributed by atoms with Crippen LogP contribution < -0.4 is 5.43 Å². The van der Waals surface area contributed by atoms with E-state index in [0.29, 0.717) is 0 Å². The molecule has 0 atom stereocenters. The van der Waals surface area contributed by atoms with Gasteiger partial charge in [0.05, 0.1) is 17.2 Å². The Morgan fingerprint density at radius 1 is 1.18 bits per heavy atom. The van der Waals surface area contributed by atoms with Crippen LogP contribution in [0, 0.1) is 20.8 Å². The lowest BCUT2D eigenvalue weighted by Gasteiger charge is -2.10. The molecule has 0 aliphatic carbocycles. The van der Waals surface area contributed by atoms with Crippen LogP contribution in [0.4, 0.5) is 13.2 Å². The molecule has 0 bridgehead atoms. The molecule has 1 heterocycles. The van der Waals surface area contributed by atoms with E-state index in [2.05, 4.69) is 15.5 Å². The monoisotopic (exact) mass is 388 g/mol. The summed E-state index contributed by atoms with van der Waals surface area (Å²) in [4.78, 5) is 15.8. The van der Waals surface area contributed by atoms with E-state index in [0.717, 1.165) is 26.8 Å². The molecule has 3 aromatic rings. The Bertz CT molecular complexity index is 1040. The molecule has 0 radical (unpaired) electrons. The molecule has 0 saturated heterocycles. The fourth-order valence-corrected chi connectivity index (χ4v) is 3.19. The highest BCUT2D eigenvalue weighted by Gasteiger charge is 2.37. The molecule has 0 unspecified atom stereocenters. The number of hydrogen-bond acceptors (Lipinski definition) is 3. The zero-order chi connectivity index (χ0) is 20.5. The highest BCUT2D eigenvalue weighted by molar-refractivity contribution is 5.86. The first-order valence-corrected chi connectivity index (χ1v) is 8.59. The number of aryl methyl sites for hydroxylation is 3. The van der Waals surface area contributed by atoms with Crippen LogP contribution in [0.2, 0.25) is 0 Å². The number of alkyl halides is 3. The number of imidazole rings is 1. The number of aromatic nitrogens is 2. The van der Waals surface area contributed by atoms with E-state index >= 15 is 0 Å². The average molecular weight is 388 g/mol. The number of benzene rings is 2. The van der Waals surface area contributed by atoms with Crippen molar-refractivity contribution in [3.8, 4) is 0 Å². The molecule has 0 saturated carbocycles. The maximum atomic E-state index is 13.3. The summed E-state index contributed by atoms with van der Waals surface area (Å²) in [7, 11) is 0. The first-order valence-electron chi connectivity index (χ1n) is 8.59. The van der Waals surface area contributed by atoms with Gasteiger partial charge in [0.2, 0.25) is 5.82 Å². The second-order valence-electron chi connectivity index (χ2n) is 6.61. The maximum Gasteiger partial charge on any atom is 0.449 e. The van der Waals surface area contributed by atoms with Crippen molar-refractivity contribution in [2.75, 3.05) is 0 Å². The number of nitrogens with zero attached hydrogens (tertiary/aromatic N) is 3. The van der Waals surface area contributed by atoms with Crippen LogP contribution in [0.25, 0.3) is 11.0 Å². The topological polar surface area (TPSA) is 59.3 Å². The summed E-state index contributed by atoms with van der Waals surface area (Å²) in [5.41, 5.74) is 6.67. The van der Waals surface area contributed by atoms with Crippen molar-refractivity contribution in [3.05, 3.63) is 64.5 Å². The molecule has 146 valence electrons. The van der Waals surface area contributed by atoms with Crippen LogP contribution >= 0.6 is 0 Å². The van der Waals surface area contributed by atoms with Crippen LogP contribution in [0.5, 0.6) is 0 Å². The normalized spacial score (nSPS) is 12.1. The van der Waals surface area contributed by atoms with E-state index in [1.54, 1.807) is 12.1 Å². The third kappa shape index (κ3) is 4.05. The molecule has 0 fully saturated rings.